The highest BCUT2D eigenvalue weighted by Gasteiger charge is 2.34. The molecule has 21 heavy (non-hydrogen) atoms. The average Bonchev–Trinajstić information content (AvgIpc) is 2.82. The van der Waals surface area contributed by atoms with E-state index in [4.69, 9.17) is 4.74 Å². The molecule has 1 aliphatic rings. The molecule has 2 heterocycles. The molecule has 1 aromatic rings. The van der Waals surface area contributed by atoms with Gasteiger partial charge in [-0.05, 0) is 32.7 Å². The fraction of sp³-hybridized carbons (Fsp3) is 0.769. The standard InChI is InChI=1S/C13H24N4O3S/c1-10-13(12(7-14-2)16-15-10)21(18,19)17-6-4-5-11(8-17)9-20-3/h11,14H,4-9H2,1-3H3,(H,15,16). The van der Waals surface area contributed by atoms with Crippen molar-refractivity contribution in [1.29, 1.82) is 0 Å². The Morgan fingerprint density at radius 1 is 1.52 bits per heavy atom. The second-order valence-corrected chi connectivity index (χ2v) is 7.36. The van der Waals surface area contributed by atoms with Crippen molar-refractivity contribution in [1.82, 2.24) is 19.8 Å². The molecule has 0 spiro atoms. The number of ether oxygens (including phenoxy) is 1. The summed E-state index contributed by atoms with van der Waals surface area (Å²) in [5.41, 5.74) is 1.14. The van der Waals surface area contributed by atoms with Crippen LogP contribution in [-0.4, -0.2) is 56.8 Å². The van der Waals surface area contributed by atoms with Gasteiger partial charge in [0, 0.05) is 26.7 Å². The van der Waals surface area contributed by atoms with Crippen molar-refractivity contribution in [2.45, 2.75) is 31.2 Å². The molecule has 2 rings (SSSR count). The molecule has 1 saturated heterocycles. The third kappa shape index (κ3) is 3.45. The summed E-state index contributed by atoms with van der Waals surface area (Å²) in [5, 5.41) is 9.84. The lowest BCUT2D eigenvalue weighted by molar-refractivity contribution is 0.118. The number of nitrogens with zero attached hydrogens (tertiary/aromatic N) is 2. The molecule has 0 amide bonds. The molecule has 1 unspecified atom stereocenters. The Kier molecular flexibility index (Phi) is 5.37. The predicted molar refractivity (Wildman–Crippen MR) is 79.4 cm³/mol. The molecule has 1 atom stereocenters. The van der Waals surface area contributed by atoms with Crippen LogP contribution in [0.3, 0.4) is 0 Å². The van der Waals surface area contributed by atoms with Crippen LogP contribution in [0.5, 0.6) is 0 Å². The number of aryl methyl sites for hydroxylation is 1. The molecule has 0 saturated carbocycles. The number of sulfonamides is 1. The Hall–Kier alpha value is -0.960. The topological polar surface area (TPSA) is 87.3 Å². The summed E-state index contributed by atoms with van der Waals surface area (Å²) in [6.07, 6.45) is 1.87. The molecule has 0 bridgehead atoms. The first-order chi connectivity index (χ1) is 10.0. The second kappa shape index (κ2) is 6.87. The summed E-state index contributed by atoms with van der Waals surface area (Å²) in [5.74, 6) is 0.262. The molecule has 2 N–H and O–H groups in total. The quantitative estimate of drug-likeness (QED) is 0.797. The number of methoxy groups -OCH3 is 1. The maximum absolute atomic E-state index is 12.9. The van der Waals surface area contributed by atoms with Crippen molar-refractivity contribution in [2.75, 3.05) is 33.9 Å². The van der Waals surface area contributed by atoms with Crippen LogP contribution in [0, 0.1) is 12.8 Å². The minimum atomic E-state index is -3.51. The third-order valence-electron chi connectivity index (χ3n) is 3.79. The molecule has 0 aliphatic carbocycles. The fourth-order valence-electron chi connectivity index (χ4n) is 2.84. The van der Waals surface area contributed by atoms with Crippen molar-refractivity contribution in [3.8, 4) is 0 Å². The first kappa shape index (κ1) is 16.4. The first-order valence-electron chi connectivity index (χ1n) is 7.18. The number of hydrogen-bond acceptors (Lipinski definition) is 5. The Labute approximate surface area is 126 Å². The lowest BCUT2D eigenvalue weighted by atomic mass is 10.0. The van der Waals surface area contributed by atoms with Gasteiger partial charge in [-0.3, -0.25) is 5.10 Å². The molecular formula is C13H24N4O3S. The molecule has 1 fully saturated rings. The molecule has 0 aromatic carbocycles. The molecule has 8 heteroatoms. The van der Waals surface area contributed by atoms with E-state index in [1.165, 1.54) is 0 Å². The van der Waals surface area contributed by atoms with Crippen LogP contribution >= 0.6 is 0 Å². The number of nitrogens with one attached hydrogen (secondary N) is 2. The van der Waals surface area contributed by atoms with Crippen LogP contribution in [0.2, 0.25) is 0 Å². The van der Waals surface area contributed by atoms with Gasteiger partial charge >= 0.3 is 0 Å². The van der Waals surface area contributed by atoms with Crippen LogP contribution in [0.15, 0.2) is 4.90 Å². The predicted octanol–water partition coefficient (Wildman–Crippen LogP) is 0.485. The van der Waals surface area contributed by atoms with Crippen molar-refractivity contribution in [3.63, 3.8) is 0 Å². The largest absolute Gasteiger partial charge is 0.384 e. The number of aromatic nitrogens is 2. The highest BCUT2D eigenvalue weighted by Crippen LogP contribution is 2.27. The molecule has 120 valence electrons. The van der Waals surface area contributed by atoms with Gasteiger partial charge in [-0.15, -0.1) is 0 Å². The molecular weight excluding hydrogens is 292 g/mol. The van der Waals surface area contributed by atoms with Crippen LogP contribution < -0.4 is 5.32 Å². The van der Waals surface area contributed by atoms with Gasteiger partial charge < -0.3 is 10.1 Å². The minimum Gasteiger partial charge on any atom is -0.384 e. The van der Waals surface area contributed by atoms with E-state index in [2.05, 4.69) is 15.5 Å². The SMILES string of the molecule is CNCc1n[nH]c(C)c1S(=O)(=O)N1CCCC(COC)C1. The highest BCUT2D eigenvalue weighted by molar-refractivity contribution is 7.89. The van der Waals surface area contributed by atoms with E-state index in [1.807, 2.05) is 0 Å². The van der Waals surface area contributed by atoms with Gasteiger partial charge in [-0.25, -0.2) is 8.42 Å². The van der Waals surface area contributed by atoms with Crippen molar-refractivity contribution in [2.24, 2.45) is 5.92 Å². The summed E-state index contributed by atoms with van der Waals surface area (Å²) in [6.45, 7) is 3.84. The third-order valence-corrected chi connectivity index (χ3v) is 5.86. The van der Waals surface area contributed by atoms with Crippen LogP contribution in [0.1, 0.15) is 24.2 Å². The van der Waals surface area contributed by atoms with E-state index in [0.29, 0.717) is 42.5 Å². The maximum Gasteiger partial charge on any atom is 0.246 e. The zero-order chi connectivity index (χ0) is 15.5. The van der Waals surface area contributed by atoms with Gasteiger partial charge in [0.05, 0.1) is 18.0 Å². The monoisotopic (exact) mass is 316 g/mol. The molecule has 1 aromatic heterocycles. The Morgan fingerprint density at radius 2 is 2.29 bits per heavy atom. The number of hydrogen-bond donors (Lipinski definition) is 2. The van der Waals surface area contributed by atoms with Gasteiger partial charge in [0.15, 0.2) is 0 Å². The van der Waals surface area contributed by atoms with E-state index in [1.54, 1.807) is 25.4 Å². The van der Waals surface area contributed by atoms with Gasteiger partial charge in [0.25, 0.3) is 0 Å². The Bertz CT molecular complexity index is 568. The van der Waals surface area contributed by atoms with E-state index in [9.17, 15) is 8.42 Å². The summed E-state index contributed by atoms with van der Waals surface area (Å²) in [4.78, 5) is 0.315. The number of rotatable bonds is 6. The van der Waals surface area contributed by atoms with E-state index >= 15 is 0 Å². The molecule has 0 radical (unpaired) electrons. The van der Waals surface area contributed by atoms with Gasteiger partial charge in [-0.2, -0.15) is 9.40 Å². The van der Waals surface area contributed by atoms with Gasteiger partial charge in [0.1, 0.15) is 4.90 Å². The van der Waals surface area contributed by atoms with E-state index in [0.717, 1.165) is 12.8 Å². The summed E-state index contributed by atoms with van der Waals surface area (Å²) >= 11 is 0. The fourth-order valence-corrected chi connectivity index (χ4v) is 4.73. The van der Waals surface area contributed by atoms with Gasteiger partial charge in [-0.1, -0.05) is 0 Å². The van der Waals surface area contributed by atoms with E-state index in [-0.39, 0.29) is 5.92 Å². The Morgan fingerprint density at radius 3 is 2.95 bits per heavy atom. The zero-order valence-corrected chi connectivity index (χ0v) is 13.7. The van der Waals surface area contributed by atoms with Crippen molar-refractivity contribution < 1.29 is 13.2 Å². The van der Waals surface area contributed by atoms with Gasteiger partial charge in [0.2, 0.25) is 10.0 Å². The summed E-state index contributed by atoms with van der Waals surface area (Å²) in [6, 6.07) is 0. The number of piperidine rings is 1. The van der Waals surface area contributed by atoms with E-state index < -0.39 is 10.0 Å². The lowest BCUT2D eigenvalue weighted by Crippen LogP contribution is -2.41. The first-order valence-corrected chi connectivity index (χ1v) is 8.62. The smallest absolute Gasteiger partial charge is 0.246 e. The van der Waals surface area contributed by atoms with Crippen LogP contribution in [0.4, 0.5) is 0 Å². The average molecular weight is 316 g/mol. The summed E-state index contributed by atoms with van der Waals surface area (Å²) < 4.78 is 32.6. The van der Waals surface area contributed by atoms with Crippen LogP contribution in [0.25, 0.3) is 0 Å². The number of aromatic amines is 1. The van der Waals surface area contributed by atoms with Crippen LogP contribution in [-0.2, 0) is 21.3 Å². The second-order valence-electron chi connectivity index (χ2n) is 5.48. The zero-order valence-electron chi connectivity index (χ0n) is 12.8. The highest BCUT2D eigenvalue weighted by atomic mass is 32.2. The lowest BCUT2D eigenvalue weighted by Gasteiger charge is -2.31. The maximum atomic E-state index is 12.9. The molecule has 1 aliphatic heterocycles. The number of H-pyrrole nitrogens is 1. The van der Waals surface area contributed by atoms with Crippen molar-refractivity contribution in [3.05, 3.63) is 11.4 Å². The minimum absolute atomic E-state index is 0.262. The van der Waals surface area contributed by atoms with Crippen molar-refractivity contribution >= 4 is 10.0 Å². The molecule has 7 nitrogen and oxygen atoms in total. The summed E-state index contributed by atoms with van der Waals surface area (Å²) in [7, 11) is -0.0842. The Balaban J connectivity index is 2.27. The normalized spacial score (nSPS) is 20.8.